The molecule has 0 radical (unpaired) electrons. The van der Waals surface area contributed by atoms with Crippen LogP contribution in [-0.2, 0) is 32.7 Å². The van der Waals surface area contributed by atoms with Crippen LogP contribution >= 0.6 is 7.82 Å². The van der Waals surface area contributed by atoms with Crippen LogP contribution < -0.4 is 5.32 Å². The Bertz CT molecular complexity index is 1140. The zero-order valence-corrected chi connectivity index (χ0v) is 35.8. The number of aliphatic carboxylic acids is 1. The van der Waals surface area contributed by atoms with Crippen LogP contribution in [0.15, 0.2) is 48.6 Å². The number of hydrogen-bond acceptors (Lipinski definition) is 8. The van der Waals surface area contributed by atoms with Gasteiger partial charge in [-0.1, -0.05) is 140 Å². The van der Waals surface area contributed by atoms with Crippen molar-refractivity contribution in [2.75, 3.05) is 19.8 Å². The summed E-state index contributed by atoms with van der Waals surface area (Å²) >= 11 is 0. The summed E-state index contributed by atoms with van der Waals surface area (Å²) in [5, 5.41) is 21.8. The predicted molar refractivity (Wildman–Crippen MR) is 226 cm³/mol. The highest BCUT2D eigenvalue weighted by molar-refractivity contribution is 7.47. The highest BCUT2D eigenvalue weighted by Crippen LogP contribution is 2.43. The third-order valence-electron chi connectivity index (χ3n) is 9.09. The van der Waals surface area contributed by atoms with Crippen LogP contribution in [0.3, 0.4) is 0 Å². The molecule has 0 aromatic carbocycles. The average molecular weight is 812 g/mol. The van der Waals surface area contributed by atoms with E-state index in [1.165, 1.54) is 57.8 Å². The maximum absolute atomic E-state index is 12.3. The lowest BCUT2D eigenvalue weighted by Gasteiger charge is -2.18. The van der Waals surface area contributed by atoms with Crippen molar-refractivity contribution in [1.29, 1.82) is 0 Å². The number of aliphatic hydroxyl groups excluding tert-OH is 1. The molecule has 0 bridgehead atoms. The highest BCUT2D eigenvalue weighted by atomic mass is 31.2. The molecule has 3 unspecified atom stereocenters. The van der Waals surface area contributed by atoms with E-state index in [2.05, 4.69) is 67.8 Å². The molecular weight excluding hydrogens is 733 g/mol. The number of hydrogen-bond donors (Lipinski definition) is 4. The number of allylic oxidation sites excluding steroid dienone is 8. The second kappa shape index (κ2) is 39.3. The molecule has 56 heavy (non-hydrogen) atoms. The van der Waals surface area contributed by atoms with Gasteiger partial charge in [-0.15, -0.1) is 0 Å². The minimum Gasteiger partial charge on any atom is -0.480 e. The summed E-state index contributed by atoms with van der Waals surface area (Å²) < 4.78 is 26.8. The van der Waals surface area contributed by atoms with Gasteiger partial charge in [-0.2, -0.15) is 0 Å². The number of carbonyl (C=O) groups is 3. The number of phosphoric acid groups is 1. The smallest absolute Gasteiger partial charge is 0.472 e. The number of aliphatic hydroxyl groups is 1. The number of esters is 1. The number of carboxylic acid groups (broad SMARTS) is 1. The molecule has 12 heteroatoms. The van der Waals surface area contributed by atoms with Gasteiger partial charge < -0.3 is 25.2 Å². The van der Waals surface area contributed by atoms with Gasteiger partial charge in [0.2, 0.25) is 5.91 Å². The number of ether oxygens (including phenoxy) is 1. The molecule has 0 aliphatic carbocycles. The molecule has 0 aromatic rings. The topological polar surface area (TPSA) is 169 Å². The van der Waals surface area contributed by atoms with Gasteiger partial charge >= 0.3 is 19.8 Å². The van der Waals surface area contributed by atoms with Gasteiger partial charge in [-0.3, -0.25) is 18.6 Å². The van der Waals surface area contributed by atoms with Crippen molar-refractivity contribution < 1.29 is 47.8 Å². The highest BCUT2D eigenvalue weighted by Gasteiger charge is 2.28. The van der Waals surface area contributed by atoms with E-state index in [0.29, 0.717) is 12.8 Å². The van der Waals surface area contributed by atoms with E-state index >= 15 is 0 Å². The standard InChI is InChI=1S/C44H78NO10P/c1-3-5-7-9-11-13-15-17-19-21-23-25-27-29-31-33-35-42(47)45-41(44(49)50)39-55-56(51,52)54-38-40(46)37-53-43(48)36-34-32-30-28-26-24-22-20-18-16-14-12-10-8-6-4-2/h13-16,19-22,40-41,46H,3-12,17-18,23-39H2,1-2H3,(H,45,47)(H,49,50)(H,51,52)/b15-13-,16-14-,21-19-,22-20-. The van der Waals surface area contributed by atoms with E-state index in [1.54, 1.807) is 0 Å². The van der Waals surface area contributed by atoms with Crippen molar-refractivity contribution in [2.45, 2.75) is 193 Å². The maximum Gasteiger partial charge on any atom is 0.472 e. The summed E-state index contributed by atoms with van der Waals surface area (Å²) in [5.41, 5.74) is 0. The molecule has 1 amide bonds. The molecule has 324 valence electrons. The maximum atomic E-state index is 12.3. The van der Waals surface area contributed by atoms with Crippen LogP contribution in [0, 0.1) is 0 Å². The fraction of sp³-hybridized carbons (Fsp3) is 0.750. The number of phosphoric ester groups is 1. The average Bonchev–Trinajstić information content (AvgIpc) is 3.17. The number of unbranched alkanes of at least 4 members (excludes halogenated alkanes) is 18. The van der Waals surface area contributed by atoms with Crippen molar-refractivity contribution in [2.24, 2.45) is 0 Å². The van der Waals surface area contributed by atoms with Crippen LogP contribution in [-0.4, -0.2) is 64.9 Å². The minimum absolute atomic E-state index is 0.127. The van der Waals surface area contributed by atoms with E-state index in [-0.39, 0.29) is 12.8 Å². The summed E-state index contributed by atoms with van der Waals surface area (Å²) in [4.78, 5) is 45.9. The zero-order valence-electron chi connectivity index (χ0n) is 34.9. The molecule has 0 fully saturated rings. The van der Waals surface area contributed by atoms with E-state index in [9.17, 15) is 34.1 Å². The van der Waals surface area contributed by atoms with Crippen LogP contribution in [0.2, 0.25) is 0 Å². The van der Waals surface area contributed by atoms with Gasteiger partial charge in [0.1, 0.15) is 12.7 Å². The van der Waals surface area contributed by atoms with Gasteiger partial charge in [0.25, 0.3) is 0 Å². The Kier molecular flexibility index (Phi) is 37.5. The Hall–Kier alpha value is -2.56. The first-order valence-electron chi connectivity index (χ1n) is 21.7. The number of rotatable bonds is 40. The predicted octanol–water partition coefficient (Wildman–Crippen LogP) is 11.0. The van der Waals surface area contributed by atoms with E-state index in [0.717, 1.165) is 83.5 Å². The van der Waals surface area contributed by atoms with E-state index in [4.69, 9.17) is 13.8 Å². The van der Waals surface area contributed by atoms with Gasteiger partial charge in [-0.05, 0) is 77.0 Å². The van der Waals surface area contributed by atoms with Crippen LogP contribution in [0.25, 0.3) is 0 Å². The molecule has 0 aliphatic heterocycles. The number of nitrogens with one attached hydrogen (secondary N) is 1. The van der Waals surface area contributed by atoms with Crippen molar-refractivity contribution in [3.63, 3.8) is 0 Å². The fourth-order valence-electron chi connectivity index (χ4n) is 5.67. The van der Waals surface area contributed by atoms with Gasteiger partial charge in [0, 0.05) is 12.8 Å². The van der Waals surface area contributed by atoms with Gasteiger partial charge in [0.15, 0.2) is 6.04 Å². The third-order valence-corrected chi connectivity index (χ3v) is 10.0. The van der Waals surface area contributed by atoms with Crippen molar-refractivity contribution in [3.8, 4) is 0 Å². The molecule has 0 aliphatic rings. The molecule has 0 saturated carbocycles. The Balaban J connectivity index is 3.96. The normalized spacial score (nSPS) is 14.2. The zero-order chi connectivity index (χ0) is 41.4. The Morgan fingerprint density at radius 2 is 0.982 bits per heavy atom. The molecular formula is C44H78NO10P. The fourth-order valence-corrected chi connectivity index (χ4v) is 6.44. The summed E-state index contributed by atoms with van der Waals surface area (Å²) in [6.45, 7) is 2.53. The van der Waals surface area contributed by atoms with Crippen molar-refractivity contribution in [1.82, 2.24) is 5.32 Å². The second-order valence-corrected chi connectivity index (χ2v) is 16.0. The number of carbonyl (C=O) groups excluding carboxylic acids is 2. The number of amides is 1. The summed E-state index contributed by atoms with van der Waals surface area (Å²) in [6.07, 6.45) is 42.7. The summed E-state index contributed by atoms with van der Waals surface area (Å²) in [7, 11) is -4.76. The lowest BCUT2D eigenvalue weighted by Crippen LogP contribution is -2.43. The molecule has 0 spiro atoms. The monoisotopic (exact) mass is 812 g/mol. The van der Waals surface area contributed by atoms with Crippen LogP contribution in [0.5, 0.6) is 0 Å². The Morgan fingerprint density at radius 1 is 0.571 bits per heavy atom. The number of carboxylic acids is 1. The minimum atomic E-state index is -4.76. The van der Waals surface area contributed by atoms with Crippen molar-refractivity contribution in [3.05, 3.63) is 48.6 Å². The third kappa shape index (κ3) is 38.3. The molecule has 0 rings (SSSR count). The van der Waals surface area contributed by atoms with E-state index < -0.39 is 57.6 Å². The Labute approximate surface area is 339 Å². The van der Waals surface area contributed by atoms with Gasteiger partial charge in [-0.25, -0.2) is 9.36 Å². The lowest BCUT2D eigenvalue weighted by atomic mass is 10.1. The molecule has 4 N–H and O–H groups in total. The molecule has 0 heterocycles. The quantitative estimate of drug-likeness (QED) is 0.0202. The van der Waals surface area contributed by atoms with Crippen molar-refractivity contribution >= 4 is 25.7 Å². The first-order chi connectivity index (χ1) is 27.1. The van der Waals surface area contributed by atoms with Gasteiger partial charge in [0.05, 0.1) is 13.2 Å². The SMILES string of the molecule is CCCCCC/C=C\C/C=C\CCCCCCCC(=O)NC(COP(=O)(O)OCC(O)COC(=O)CCCCCCC/C=C\C/C=C\CCCCCC)C(=O)O. The first kappa shape index (κ1) is 53.4. The van der Waals surface area contributed by atoms with Crippen LogP contribution in [0.1, 0.15) is 181 Å². The molecule has 0 aromatic heterocycles. The molecule has 0 saturated heterocycles. The largest absolute Gasteiger partial charge is 0.480 e. The molecule has 11 nitrogen and oxygen atoms in total. The first-order valence-corrected chi connectivity index (χ1v) is 23.2. The molecule has 3 atom stereocenters. The summed E-state index contributed by atoms with van der Waals surface area (Å²) in [5.74, 6) is -2.41. The van der Waals surface area contributed by atoms with Crippen LogP contribution in [0.4, 0.5) is 0 Å². The summed E-state index contributed by atoms with van der Waals surface area (Å²) in [6, 6.07) is -1.56. The lowest BCUT2D eigenvalue weighted by molar-refractivity contribution is -0.147. The second-order valence-electron chi connectivity index (χ2n) is 14.5. The Morgan fingerprint density at radius 3 is 1.45 bits per heavy atom. The van der Waals surface area contributed by atoms with E-state index in [1.807, 2.05) is 0 Å².